The highest BCUT2D eigenvalue weighted by molar-refractivity contribution is 5.85. The van der Waals surface area contributed by atoms with E-state index in [1.807, 2.05) is 4.90 Å². The molecule has 0 spiro atoms. The molecule has 2 fully saturated rings. The lowest BCUT2D eigenvalue weighted by Gasteiger charge is -2.22. The monoisotopic (exact) mass is 330 g/mol. The molecule has 3 rings (SSSR count). The summed E-state index contributed by atoms with van der Waals surface area (Å²) in [5.41, 5.74) is 6.49. The van der Waals surface area contributed by atoms with Crippen molar-refractivity contribution < 1.29 is 13.6 Å². The van der Waals surface area contributed by atoms with Crippen molar-refractivity contribution in [2.45, 2.75) is 25.7 Å². The number of nitrogens with two attached hydrogens (primary N) is 1. The van der Waals surface area contributed by atoms with Crippen LogP contribution in [-0.2, 0) is 4.79 Å². The third-order valence-electron chi connectivity index (χ3n) is 4.84. The Morgan fingerprint density at radius 2 is 2.14 bits per heavy atom. The highest BCUT2D eigenvalue weighted by atomic mass is 35.5. The molecule has 3 atom stereocenters. The van der Waals surface area contributed by atoms with Crippen molar-refractivity contribution >= 4 is 18.3 Å². The van der Waals surface area contributed by atoms with Gasteiger partial charge in [0.15, 0.2) is 11.6 Å². The van der Waals surface area contributed by atoms with Crippen LogP contribution in [0.3, 0.4) is 0 Å². The van der Waals surface area contributed by atoms with E-state index in [2.05, 4.69) is 6.92 Å². The first-order chi connectivity index (χ1) is 9.93. The van der Waals surface area contributed by atoms with Gasteiger partial charge in [0.2, 0.25) is 5.91 Å². The van der Waals surface area contributed by atoms with E-state index < -0.39 is 11.6 Å². The van der Waals surface area contributed by atoms with Crippen molar-refractivity contribution in [2.24, 2.45) is 17.1 Å². The molecule has 1 aromatic rings. The summed E-state index contributed by atoms with van der Waals surface area (Å²) < 4.78 is 26.2. The van der Waals surface area contributed by atoms with E-state index in [4.69, 9.17) is 5.73 Å². The molecule has 1 heterocycles. The van der Waals surface area contributed by atoms with E-state index in [0.29, 0.717) is 18.7 Å². The van der Waals surface area contributed by atoms with E-state index in [1.54, 1.807) is 6.07 Å². The Morgan fingerprint density at radius 1 is 1.41 bits per heavy atom. The minimum atomic E-state index is -0.847. The van der Waals surface area contributed by atoms with Crippen LogP contribution in [0.1, 0.15) is 31.2 Å². The van der Waals surface area contributed by atoms with Gasteiger partial charge in [-0.3, -0.25) is 4.79 Å². The number of hydrogen-bond donors (Lipinski definition) is 1. The maximum atomic E-state index is 13.3. The zero-order chi connectivity index (χ0) is 15.2. The second-order valence-corrected chi connectivity index (χ2v) is 6.65. The predicted octanol–water partition coefficient (Wildman–Crippen LogP) is 2.69. The zero-order valence-electron chi connectivity index (χ0n) is 12.5. The first-order valence-electron chi connectivity index (χ1n) is 7.37. The summed E-state index contributed by atoms with van der Waals surface area (Å²) in [4.78, 5) is 14.3. The fourth-order valence-electron chi connectivity index (χ4n) is 3.19. The summed E-state index contributed by atoms with van der Waals surface area (Å²) in [5, 5.41) is 0. The fourth-order valence-corrected chi connectivity index (χ4v) is 3.19. The highest BCUT2D eigenvalue weighted by Crippen LogP contribution is 2.49. The number of amides is 1. The first-order valence-corrected chi connectivity index (χ1v) is 7.37. The van der Waals surface area contributed by atoms with E-state index in [0.717, 1.165) is 25.5 Å². The van der Waals surface area contributed by atoms with Gasteiger partial charge in [-0.1, -0.05) is 13.0 Å². The van der Waals surface area contributed by atoms with Crippen molar-refractivity contribution in [3.63, 3.8) is 0 Å². The third-order valence-corrected chi connectivity index (χ3v) is 4.84. The van der Waals surface area contributed by atoms with Gasteiger partial charge in [-0.25, -0.2) is 8.78 Å². The lowest BCUT2D eigenvalue weighted by Crippen LogP contribution is -2.35. The molecule has 1 aliphatic heterocycles. The van der Waals surface area contributed by atoms with Crippen LogP contribution in [0.25, 0.3) is 0 Å². The van der Waals surface area contributed by atoms with Crippen LogP contribution in [0.4, 0.5) is 8.78 Å². The summed E-state index contributed by atoms with van der Waals surface area (Å²) in [6.07, 6.45) is 1.65. The molecule has 6 heteroatoms. The molecule has 0 aromatic heterocycles. The maximum Gasteiger partial charge on any atom is 0.226 e. The predicted molar refractivity (Wildman–Crippen MR) is 82.8 cm³/mol. The molecule has 1 saturated heterocycles. The molecule has 2 N–H and O–H groups in total. The molecular weight excluding hydrogens is 310 g/mol. The Balaban J connectivity index is 0.00000176. The van der Waals surface area contributed by atoms with Crippen LogP contribution in [0.2, 0.25) is 0 Å². The van der Waals surface area contributed by atoms with Crippen molar-refractivity contribution in [2.75, 3.05) is 19.6 Å². The van der Waals surface area contributed by atoms with Crippen LogP contribution in [0.15, 0.2) is 18.2 Å². The van der Waals surface area contributed by atoms with Crippen LogP contribution < -0.4 is 5.73 Å². The summed E-state index contributed by atoms with van der Waals surface area (Å²) in [6.45, 7) is 4.12. The Labute approximate surface area is 135 Å². The van der Waals surface area contributed by atoms with Crippen molar-refractivity contribution in [1.29, 1.82) is 0 Å². The number of rotatable bonds is 3. The average Bonchev–Trinajstić information content (AvgIpc) is 3.17. The number of halogens is 3. The van der Waals surface area contributed by atoms with Crippen LogP contribution in [0.5, 0.6) is 0 Å². The molecule has 1 saturated carbocycles. The molecule has 0 radical (unpaired) electrons. The van der Waals surface area contributed by atoms with E-state index >= 15 is 0 Å². The number of carbonyl (C=O) groups is 1. The van der Waals surface area contributed by atoms with Gasteiger partial charge < -0.3 is 10.6 Å². The van der Waals surface area contributed by atoms with Gasteiger partial charge in [0.1, 0.15) is 0 Å². The molecule has 22 heavy (non-hydrogen) atoms. The second kappa shape index (κ2) is 6.13. The molecule has 1 amide bonds. The van der Waals surface area contributed by atoms with Crippen molar-refractivity contribution in [3.8, 4) is 0 Å². The van der Waals surface area contributed by atoms with Gasteiger partial charge in [0.25, 0.3) is 0 Å². The van der Waals surface area contributed by atoms with Gasteiger partial charge >= 0.3 is 0 Å². The van der Waals surface area contributed by atoms with E-state index in [1.165, 1.54) is 6.07 Å². The van der Waals surface area contributed by atoms with Gasteiger partial charge in [-0.2, -0.15) is 0 Å². The van der Waals surface area contributed by atoms with Crippen LogP contribution in [-0.4, -0.2) is 30.4 Å². The van der Waals surface area contributed by atoms with E-state index in [-0.39, 0.29) is 35.6 Å². The number of carbonyl (C=O) groups excluding carboxylic acids is 1. The van der Waals surface area contributed by atoms with Crippen LogP contribution >= 0.6 is 12.4 Å². The average molecular weight is 331 g/mol. The standard InChI is InChI=1S/C16H20F2N2O.ClH/c1-16(8-19)4-5-20(9-16)15(21)12-7-11(12)10-2-3-13(17)14(18)6-10;/h2-3,6,11-12H,4-5,7-9,19H2,1H3;1H. The molecule has 3 unspecified atom stereocenters. The lowest BCUT2D eigenvalue weighted by atomic mass is 9.90. The van der Waals surface area contributed by atoms with Gasteiger partial charge in [0, 0.05) is 19.0 Å². The fraction of sp³-hybridized carbons (Fsp3) is 0.562. The van der Waals surface area contributed by atoms with Crippen molar-refractivity contribution in [3.05, 3.63) is 35.4 Å². The Bertz CT molecular complexity index is 583. The molecule has 1 aliphatic carbocycles. The molecule has 0 bridgehead atoms. The van der Waals surface area contributed by atoms with E-state index in [9.17, 15) is 13.6 Å². The first kappa shape index (κ1) is 17.2. The minimum absolute atomic E-state index is 0. The largest absolute Gasteiger partial charge is 0.342 e. The van der Waals surface area contributed by atoms with Gasteiger partial charge in [-0.05, 0) is 48.4 Å². The molecule has 3 nitrogen and oxygen atoms in total. The van der Waals surface area contributed by atoms with Gasteiger partial charge in [0.05, 0.1) is 0 Å². The maximum absolute atomic E-state index is 13.3. The molecule has 2 aliphatic rings. The molecular formula is C16H21ClF2N2O. The summed E-state index contributed by atoms with van der Waals surface area (Å²) in [7, 11) is 0. The highest BCUT2D eigenvalue weighted by Gasteiger charge is 2.48. The quantitative estimate of drug-likeness (QED) is 0.926. The zero-order valence-corrected chi connectivity index (χ0v) is 13.3. The Hall–Kier alpha value is -1.20. The number of nitrogens with zero attached hydrogens (tertiary/aromatic N) is 1. The second-order valence-electron chi connectivity index (χ2n) is 6.65. The SMILES string of the molecule is CC1(CN)CCN(C(=O)C2CC2c2ccc(F)c(F)c2)C1.Cl. The summed E-state index contributed by atoms with van der Waals surface area (Å²) in [5.74, 6) is -1.63. The minimum Gasteiger partial charge on any atom is -0.342 e. The number of likely N-dealkylation sites (tertiary alicyclic amines) is 1. The molecule has 122 valence electrons. The summed E-state index contributed by atoms with van der Waals surface area (Å²) >= 11 is 0. The van der Waals surface area contributed by atoms with Gasteiger partial charge in [-0.15, -0.1) is 12.4 Å². The molecule has 1 aromatic carbocycles. The smallest absolute Gasteiger partial charge is 0.226 e. The number of benzene rings is 1. The van der Waals surface area contributed by atoms with Crippen molar-refractivity contribution in [1.82, 2.24) is 4.90 Å². The van der Waals surface area contributed by atoms with Crippen LogP contribution in [0, 0.1) is 23.0 Å². The lowest BCUT2D eigenvalue weighted by molar-refractivity contribution is -0.132. The summed E-state index contributed by atoms with van der Waals surface area (Å²) in [6, 6.07) is 3.91. The Kier molecular flexibility index (Phi) is 4.78. The normalized spacial score (nSPS) is 30.1. The number of hydrogen-bond acceptors (Lipinski definition) is 2. The topological polar surface area (TPSA) is 46.3 Å². The third kappa shape index (κ3) is 3.10. The Morgan fingerprint density at radius 3 is 2.73 bits per heavy atom.